The highest BCUT2D eigenvalue weighted by molar-refractivity contribution is 5.36. The first-order valence-corrected chi connectivity index (χ1v) is 6.49. The largest absolute Gasteiger partial charge is 0.467 e. The zero-order chi connectivity index (χ0) is 13.0. The van der Waals surface area contributed by atoms with Gasteiger partial charge >= 0.3 is 6.01 Å². The standard InChI is InChI=1S/C12H21N5O/c1-4-9(7-8-5-6-8)14-11-15-10(13-2)16-12(17-11)18-3/h8-9H,4-7H2,1-3H3,(H2,13,14,15,16,17). The predicted octanol–water partition coefficient (Wildman–Crippen LogP) is 1.91. The lowest BCUT2D eigenvalue weighted by atomic mass is 10.1. The Morgan fingerprint density at radius 3 is 2.56 bits per heavy atom. The third-order valence-electron chi connectivity index (χ3n) is 3.16. The average molecular weight is 251 g/mol. The summed E-state index contributed by atoms with van der Waals surface area (Å²) in [6.07, 6.45) is 4.99. The number of anilines is 2. The number of rotatable bonds is 7. The molecule has 0 aromatic carbocycles. The first-order valence-electron chi connectivity index (χ1n) is 6.49. The maximum Gasteiger partial charge on any atom is 0.322 e. The molecular weight excluding hydrogens is 230 g/mol. The fourth-order valence-corrected chi connectivity index (χ4v) is 1.89. The normalized spacial score (nSPS) is 16.2. The molecule has 1 aromatic rings. The van der Waals surface area contributed by atoms with Gasteiger partial charge in [0.1, 0.15) is 0 Å². The van der Waals surface area contributed by atoms with E-state index in [1.807, 2.05) is 0 Å². The van der Waals surface area contributed by atoms with Gasteiger partial charge in [-0.2, -0.15) is 15.0 Å². The smallest absolute Gasteiger partial charge is 0.322 e. The molecule has 0 saturated heterocycles. The van der Waals surface area contributed by atoms with Gasteiger partial charge in [-0.1, -0.05) is 19.8 Å². The van der Waals surface area contributed by atoms with E-state index in [4.69, 9.17) is 4.74 Å². The van der Waals surface area contributed by atoms with Crippen LogP contribution in [0.1, 0.15) is 32.6 Å². The van der Waals surface area contributed by atoms with E-state index in [0.717, 1.165) is 12.3 Å². The van der Waals surface area contributed by atoms with Crippen LogP contribution in [0, 0.1) is 5.92 Å². The Balaban J connectivity index is 2.05. The molecule has 1 aliphatic rings. The molecule has 2 N–H and O–H groups in total. The third-order valence-corrected chi connectivity index (χ3v) is 3.16. The summed E-state index contributed by atoms with van der Waals surface area (Å²) in [5.41, 5.74) is 0. The van der Waals surface area contributed by atoms with Crippen LogP contribution < -0.4 is 15.4 Å². The Kier molecular flexibility index (Phi) is 4.17. The van der Waals surface area contributed by atoms with Crippen LogP contribution in [-0.2, 0) is 0 Å². The van der Waals surface area contributed by atoms with Crippen molar-refractivity contribution < 1.29 is 4.74 Å². The zero-order valence-electron chi connectivity index (χ0n) is 11.2. The molecule has 6 heteroatoms. The van der Waals surface area contributed by atoms with Gasteiger partial charge in [0, 0.05) is 13.1 Å². The molecule has 0 bridgehead atoms. The lowest BCUT2D eigenvalue weighted by Crippen LogP contribution is -2.21. The highest BCUT2D eigenvalue weighted by Crippen LogP contribution is 2.34. The Morgan fingerprint density at radius 1 is 1.28 bits per heavy atom. The zero-order valence-corrected chi connectivity index (χ0v) is 11.2. The quantitative estimate of drug-likeness (QED) is 0.771. The fourth-order valence-electron chi connectivity index (χ4n) is 1.89. The van der Waals surface area contributed by atoms with Crippen molar-refractivity contribution in [2.75, 3.05) is 24.8 Å². The SMILES string of the molecule is CCC(CC1CC1)Nc1nc(NC)nc(OC)n1. The summed E-state index contributed by atoms with van der Waals surface area (Å²) >= 11 is 0. The fraction of sp³-hybridized carbons (Fsp3) is 0.750. The van der Waals surface area contributed by atoms with Gasteiger partial charge in [-0.05, 0) is 18.8 Å². The van der Waals surface area contributed by atoms with Crippen LogP contribution in [0.15, 0.2) is 0 Å². The van der Waals surface area contributed by atoms with Crippen molar-refractivity contribution >= 4 is 11.9 Å². The van der Waals surface area contributed by atoms with Crippen molar-refractivity contribution in [2.24, 2.45) is 5.92 Å². The lowest BCUT2D eigenvalue weighted by molar-refractivity contribution is 0.379. The molecule has 1 atom stereocenters. The van der Waals surface area contributed by atoms with Crippen LogP contribution in [0.2, 0.25) is 0 Å². The summed E-state index contributed by atoms with van der Waals surface area (Å²) in [4.78, 5) is 12.6. The molecule has 0 amide bonds. The van der Waals surface area contributed by atoms with E-state index in [1.54, 1.807) is 14.2 Å². The minimum absolute atomic E-state index is 0.332. The summed E-state index contributed by atoms with van der Waals surface area (Å²) in [7, 11) is 3.33. The van der Waals surface area contributed by atoms with Gasteiger partial charge in [0.05, 0.1) is 7.11 Å². The molecule has 100 valence electrons. The molecule has 6 nitrogen and oxygen atoms in total. The lowest BCUT2D eigenvalue weighted by Gasteiger charge is -2.17. The second kappa shape index (κ2) is 5.84. The Hall–Kier alpha value is -1.59. The van der Waals surface area contributed by atoms with E-state index in [-0.39, 0.29) is 0 Å². The Bertz CT molecular complexity index is 372. The third kappa shape index (κ3) is 3.45. The number of nitrogens with zero attached hydrogens (tertiary/aromatic N) is 3. The molecule has 0 spiro atoms. The number of nitrogens with one attached hydrogen (secondary N) is 2. The molecule has 2 rings (SSSR count). The molecule has 1 heterocycles. The highest BCUT2D eigenvalue weighted by atomic mass is 16.5. The topological polar surface area (TPSA) is 72.0 Å². The second-order valence-corrected chi connectivity index (χ2v) is 4.65. The number of hydrogen-bond acceptors (Lipinski definition) is 6. The van der Waals surface area contributed by atoms with Crippen LogP contribution in [0.3, 0.4) is 0 Å². The molecule has 18 heavy (non-hydrogen) atoms. The van der Waals surface area contributed by atoms with Crippen molar-refractivity contribution in [3.63, 3.8) is 0 Å². The van der Waals surface area contributed by atoms with Crippen LogP contribution in [0.5, 0.6) is 6.01 Å². The number of aromatic nitrogens is 3. The molecular formula is C12H21N5O. The summed E-state index contributed by atoms with van der Waals surface area (Å²) in [6.45, 7) is 2.18. The van der Waals surface area contributed by atoms with E-state index in [9.17, 15) is 0 Å². The first-order chi connectivity index (χ1) is 8.75. The van der Waals surface area contributed by atoms with Crippen molar-refractivity contribution in [1.82, 2.24) is 15.0 Å². The molecule has 0 radical (unpaired) electrons. The van der Waals surface area contributed by atoms with Crippen molar-refractivity contribution in [2.45, 2.75) is 38.6 Å². The highest BCUT2D eigenvalue weighted by Gasteiger charge is 2.25. The molecule has 0 aliphatic heterocycles. The van der Waals surface area contributed by atoms with Crippen molar-refractivity contribution in [1.29, 1.82) is 0 Å². The van der Waals surface area contributed by atoms with Gasteiger partial charge in [0.15, 0.2) is 0 Å². The molecule has 1 aromatic heterocycles. The summed E-state index contributed by atoms with van der Waals surface area (Å²) in [5.74, 6) is 1.99. The summed E-state index contributed by atoms with van der Waals surface area (Å²) in [5, 5.41) is 6.27. The van der Waals surface area contributed by atoms with E-state index >= 15 is 0 Å². The van der Waals surface area contributed by atoms with Gasteiger partial charge in [-0.25, -0.2) is 0 Å². The minimum atomic E-state index is 0.332. The van der Waals surface area contributed by atoms with Gasteiger partial charge in [-0.15, -0.1) is 0 Å². The van der Waals surface area contributed by atoms with Crippen LogP contribution in [0.25, 0.3) is 0 Å². The van der Waals surface area contributed by atoms with E-state index < -0.39 is 0 Å². The number of ether oxygens (including phenoxy) is 1. The average Bonchev–Trinajstić information content (AvgIpc) is 3.21. The van der Waals surface area contributed by atoms with Crippen LogP contribution in [-0.4, -0.2) is 35.2 Å². The maximum atomic E-state index is 5.06. The Labute approximate surface area is 108 Å². The number of hydrogen-bond donors (Lipinski definition) is 2. The molecule has 1 unspecified atom stereocenters. The van der Waals surface area contributed by atoms with Gasteiger partial charge in [0.25, 0.3) is 0 Å². The molecule has 1 saturated carbocycles. The van der Waals surface area contributed by atoms with E-state index in [0.29, 0.717) is 23.9 Å². The second-order valence-electron chi connectivity index (χ2n) is 4.65. The minimum Gasteiger partial charge on any atom is -0.467 e. The molecule has 1 fully saturated rings. The van der Waals surface area contributed by atoms with Crippen LogP contribution in [0.4, 0.5) is 11.9 Å². The first kappa shape index (κ1) is 12.9. The summed E-state index contributed by atoms with van der Waals surface area (Å²) in [6, 6.07) is 0.757. The summed E-state index contributed by atoms with van der Waals surface area (Å²) < 4.78 is 5.06. The van der Waals surface area contributed by atoms with Gasteiger partial charge < -0.3 is 15.4 Å². The maximum absolute atomic E-state index is 5.06. The predicted molar refractivity (Wildman–Crippen MR) is 71.0 cm³/mol. The number of methoxy groups -OCH3 is 1. The molecule has 1 aliphatic carbocycles. The van der Waals surface area contributed by atoms with Crippen LogP contribution >= 0.6 is 0 Å². The van der Waals surface area contributed by atoms with Crippen molar-refractivity contribution in [3.8, 4) is 6.01 Å². The van der Waals surface area contributed by atoms with E-state index in [2.05, 4.69) is 32.5 Å². The monoisotopic (exact) mass is 251 g/mol. The van der Waals surface area contributed by atoms with Crippen molar-refractivity contribution in [3.05, 3.63) is 0 Å². The van der Waals surface area contributed by atoms with E-state index in [1.165, 1.54) is 19.3 Å². The van der Waals surface area contributed by atoms with Gasteiger partial charge in [-0.3, -0.25) is 0 Å². The van der Waals surface area contributed by atoms with Gasteiger partial charge in [0.2, 0.25) is 11.9 Å². The Morgan fingerprint density at radius 2 is 2.00 bits per heavy atom.